The number of amides is 1. The van der Waals surface area contributed by atoms with Crippen molar-refractivity contribution in [3.05, 3.63) is 47.3 Å². The Balaban J connectivity index is 1.67. The Morgan fingerprint density at radius 1 is 1.48 bits per heavy atom. The molecular formula is C19H26N4O2. The second-order valence-corrected chi connectivity index (χ2v) is 6.84. The molecule has 1 aliphatic carbocycles. The van der Waals surface area contributed by atoms with Gasteiger partial charge in [0, 0.05) is 12.7 Å². The van der Waals surface area contributed by atoms with Crippen LogP contribution in [0.2, 0.25) is 0 Å². The summed E-state index contributed by atoms with van der Waals surface area (Å²) in [5, 5.41) is 8.16. The number of benzene rings is 1. The zero-order valence-electron chi connectivity index (χ0n) is 14.9. The Bertz CT molecular complexity index is 739. The third-order valence-corrected chi connectivity index (χ3v) is 4.28. The topological polar surface area (TPSA) is 82.2 Å². The fourth-order valence-corrected chi connectivity index (χ4v) is 3.28. The summed E-state index contributed by atoms with van der Waals surface area (Å²) < 4.78 is 7.41. The number of nitrogens with zero attached hydrogens (tertiary/aromatic N) is 2. The van der Waals surface area contributed by atoms with Crippen LogP contribution < -0.4 is 15.8 Å². The molecule has 1 aliphatic rings. The third kappa shape index (κ3) is 4.60. The molecule has 6 nitrogen and oxygen atoms in total. The molecule has 0 bridgehead atoms. The summed E-state index contributed by atoms with van der Waals surface area (Å²) in [6, 6.07) is 8.36. The first kappa shape index (κ1) is 17.5. The van der Waals surface area contributed by atoms with Gasteiger partial charge in [0.25, 0.3) is 0 Å². The fourth-order valence-electron chi connectivity index (χ4n) is 3.28. The molecule has 0 spiro atoms. The second kappa shape index (κ2) is 7.70. The van der Waals surface area contributed by atoms with E-state index in [0.717, 1.165) is 37.3 Å². The van der Waals surface area contributed by atoms with E-state index in [-0.39, 0.29) is 24.6 Å². The van der Waals surface area contributed by atoms with Gasteiger partial charge in [-0.25, -0.2) is 0 Å². The van der Waals surface area contributed by atoms with Crippen LogP contribution in [0.25, 0.3) is 0 Å². The summed E-state index contributed by atoms with van der Waals surface area (Å²) in [4.78, 5) is 11.1. The SMILES string of the molecule is CC(C)Oc1cccc(CN[C@@H]2CCCc3cn(CC(N)=O)nc32)c1. The van der Waals surface area contributed by atoms with Crippen LogP contribution >= 0.6 is 0 Å². The molecule has 25 heavy (non-hydrogen) atoms. The van der Waals surface area contributed by atoms with Gasteiger partial charge >= 0.3 is 0 Å². The number of primary amides is 1. The van der Waals surface area contributed by atoms with E-state index < -0.39 is 0 Å². The lowest BCUT2D eigenvalue weighted by atomic mass is 9.93. The van der Waals surface area contributed by atoms with Gasteiger partial charge < -0.3 is 15.8 Å². The van der Waals surface area contributed by atoms with Gasteiger partial charge in [-0.3, -0.25) is 9.48 Å². The Morgan fingerprint density at radius 3 is 3.08 bits per heavy atom. The number of hydrogen-bond donors (Lipinski definition) is 2. The third-order valence-electron chi connectivity index (χ3n) is 4.28. The van der Waals surface area contributed by atoms with Crippen molar-refractivity contribution in [1.82, 2.24) is 15.1 Å². The van der Waals surface area contributed by atoms with E-state index in [9.17, 15) is 4.79 Å². The highest BCUT2D eigenvalue weighted by atomic mass is 16.5. The zero-order valence-corrected chi connectivity index (χ0v) is 14.9. The lowest BCUT2D eigenvalue weighted by Crippen LogP contribution is -2.25. The molecule has 3 N–H and O–H groups in total. The summed E-state index contributed by atoms with van der Waals surface area (Å²) in [6.07, 6.45) is 5.28. The van der Waals surface area contributed by atoms with Gasteiger partial charge in [0.15, 0.2) is 0 Å². The molecule has 0 fully saturated rings. The molecule has 0 radical (unpaired) electrons. The quantitative estimate of drug-likeness (QED) is 0.809. The molecule has 1 aromatic carbocycles. The minimum absolute atomic E-state index is 0.133. The van der Waals surface area contributed by atoms with E-state index in [1.54, 1.807) is 4.68 Å². The van der Waals surface area contributed by atoms with Crippen molar-refractivity contribution in [2.24, 2.45) is 5.73 Å². The van der Waals surface area contributed by atoms with E-state index in [4.69, 9.17) is 10.5 Å². The molecule has 0 aliphatic heterocycles. The molecule has 6 heteroatoms. The number of carbonyl (C=O) groups excluding carboxylic acids is 1. The maximum absolute atomic E-state index is 11.1. The standard InChI is InChI=1S/C19H26N4O2/c1-13(2)25-16-7-3-5-14(9-16)10-21-17-8-4-6-15-11-23(12-18(20)24)22-19(15)17/h3,5,7,9,11,13,17,21H,4,6,8,10,12H2,1-2H3,(H2,20,24)/t17-/m1/s1. The minimum atomic E-state index is -0.369. The summed E-state index contributed by atoms with van der Waals surface area (Å²) in [5.74, 6) is 0.524. The van der Waals surface area contributed by atoms with Gasteiger partial charge in [-0.2, -0.15) is 5.10 Å². The van der Waals surface area contributed by atoms with Crippen molar-refractivity contribution < 1.29 is 9.53 Å². The number of aromatic nitrogens is 2. The summed E-state index contributed by atoms with van der Waals surface area (Å²) in [6.45, 7) is 4.93. The predicted molar refractivity (Wildman–Crippen MR) is 96.1 cm³/mol. The first-order valence-corrected chi connectivity index (χ1v) is 8.85. The van der Waals surface area contributed by atoms with Gasteiger partial charge in [-0.05, 0) is 56.4 Å². The molecule has 1 heterocycles. The lowest BCUT2D eigenvalue weighted by molar-refractivity contribution is -0.118. The van der Waals surface area contributed by atoms with E-state index in [2.05, 4.69) is 22.5 Å². The van der Waals surface area contributed by atoms with Crippen LogP contribution in [0.3, 0.4) is 0 Å². The van der Waals surface area contributed by atoms with Crippen LogP contribution in [0, 0.1) is 0 Å². The number of nitrogens with two attached hydrogens (primary N) is 1. The van der Waals surface area contributed by atoms with Crippen molar-refractivity contribution in [3.8, 4) is 5.75 Å². The van der Waals surface area contributed by atoms with E-state index in [1.165, 1.54) is 11.1 Å². The number of ether oxygens (including phenoxy) is 1. The summed E-state index contributed by atoms with van der Waals surface area (Å²) in [5.41, 5.74) is 8.71. The van der Waals surface area contributed by atoms with Gasteiger partial charge in [0.05, 0.1) is 17.8 Å². The number of fused-ring (bicyclic) bond motifs is 1. The number of rotatable bonds is 7. The molecule has 1 amide bonds. The highest BCUT2D eigenvalue weighted by molar-refractivity contribution is 5.73. The molecule has 0 saturated carbocycles. The maximum atomic E-state index is 11.1. The van der Waals surface area contributed by atoms with E-state index in [0.29, 0.717) is 0 Å². The molecule has 1 aromatic heterocycles. The van der Waals surface area contributed by atoms with Crippen molar-refractivity contribution in [2.75, 3.05) is 0 Å². The first-order chi connectivity index (χ1) is 12.0. The number of hydrogen-bond acceptors (Lipinski definition) is 4. The molecule has 0 saturated heterocycles. The minimum Gasteiger partial charge on any atom is -0.491 e. The number of carbonyl (C=O) groups is 1. The van der Waals surface area contributed by atoms with Gasteiger partial charge in [-0.15, -0.1) is 0 Å². The smallest absolute Gasteiger partial charge is 0.239 e. The second-order valence-electron chi connectivity index (χ2n) is 6.84. The zero-order chi connectivity index (χ0) is 17.8. The van der Waals surface area contributed by atoms with Crippen LogP contribution in [0.15, 0.2) is 30.5 Å². The monoisotopic (exact) mass is 342 g/mol. The Labute approximate surface area is 148 Å². The van der Waals surface area contributed by atoms with Crippen molar-refractivity contribution in [1.29, 1.82) is 0 Å². The van der Waals surface area contributed by atoms with E-state index >= 15 is 0 Å². The molecule has 3 rings (SSSR count). The summed E-state index contributed by atoms with van der Waals surface area (Å²) >= 11 is 0. The van der Waals surface area contributed by atoms with Crippen molar-refractivity contribution in [3.63, 3.8) is 0 Å². The molecule has 134 valence electrons. The van der Waals surface area contributed by atoms with Crippen LogP contribution in [0.4, 0.5) is 0 Å². The Kier molecular flexibility index (Phi) is 5.38. The van der Waals surface area contributed by atoms with Crippen LogP contribution in [-0.4, -0.2) is 21.8 Å². The Hall–Kier alpha value is -2.34. The highest BCUT2D eigenvalue weighted by Crippen LogP contribution is 2.29. The molecule has 2 aromatic rings. The van der Waals surface area contributed by atoms with Crippen LogP contribution in [0.5, 0.6) is 5.75 Å². The number of aryl methyl sites for hydroxylation is 1. The summed E-state index contributed by atoms with van der Waals surface area (Å²) in [7, 11) is 0. The van der Waals surface area contributed by atoms with Crippen LogP contribution in [-0.2, 0) is 24.3 Å². The van der Waals surface area contributed by atoms with Gasteiger partial charge in [0.2, 0.25) is 5.91 Å². The van der Waals surface area contributed by atoms with Crippen LogP contribution in [0.1, 0.15) is 49.6 Å². The molecule has 1 atom stereocenters. The number of nitrogens with one attached hydrogen (secondary N) is 1. The average molecular weight is 342 g/mol. The molecule has 0 unspecified atom stereocenters. The molecular weight excluding hydrogens is 316 g/mol. The lowest BCUT2D eigenvalue weighted by Gasteiger charge is -2.22. The fraction of sp³-hybridized carbons (Fsp3) is 0.474. The van der Waals surface area contributed by atoms with Gasteiger partial charge in [0.1, 0.15) is 12.3 Å². The maximum Gasteiger partial charge on any atom is 0.239 e. The van der Waals surface area contributed by atoms with E-state index in [1.807, 2.05) is 32.2 Å². The largest absolute Gasteiger partial charge is 0.491 e. The highest BCUT2D eigenvalue weighted by Gasteiger charge is 2.23. The first-order valence-electron chi connectivity index (χ1n) is 8.85. The van der Waals surface area contributed by atoms with Crippen molar-refractivity contribution >= 4 is 5.91 Å². The normalized spacial score (nSPS) is 16.7. The Morgan fingerprint density at radius 2 is 2.32 bits per heavy atom. The average Bonchev–Trinajstić information content (AvgIpc) is 2.94. The van der Waals surface area contributed by atoms with Crippen molar-refractivity contribution in [2.45, 2.75) is 58.3 Å². The van der Waals surface area contributed by atoms with Gasteiger partial charge in [-0.1, -0.05) is 12.1 Å². The predicted octanol–water partition coefficient (Wildman–Crippen LogP) is 2.32.